The van der Waals surface area contributed by atoms with Crippen LogP contribution < -0.4 is 0 Å². The van der Waals surface area contributed by atoms with Gasteiger partial charge in [0.2, 0.25) is 0 Å². The molecule has 0 aliphatic carbocycles. The average molecular weight is 170 g/mol. The van der Waals surface area contributed by atoms with Crippen molar-refractivity contribution in [3.8, 4) is 0 Å². The van der Waals surface area contributed by atoms with Crippen molar-refractivity contribution in [3.05, 3.63) is 29.1 Å². The van der Waals surface area contributed by atoms with Gasteiger partial charge >= 0.3 is 0 Å². The zero-order valence-electron chi connectivity index (χ0n) is 6.17. The third kappa shape index (κ3) is 1.77. The zero-order chi connectivity index (χ0) is 8.27. The van der Waals surface area contributed by atoms with Crippen molar-refractivity contribution in [2.45, 2.75) is 12.8 Å². The van der Waals surface area contributed by atoms with Crippen molar-refractivity contribution in [2.24, 2.45) is 0 Å². The number of rotatable bonds is 2. The first-order valence-corrected chi connectivity index (χ1v) is 3.78. The molecule has 58 valence electrons. The number of aromatic nitrogens is 1. The van der Waals surface area contributed by atoms with Gasteiger partial charge in [-0.3, -0.25) is 9.78 Å². The van der Waals surface area contributed by atoms with Crippen LogP contribution in [0.2, 0.25) is 0 Å². The van der Waals surface area contributed by atoms with Gasteiger partial charge in [0.15, 0.2) is 6.29 Å². The Labute approximate surface area is 70.2 Å². The van der Waals surface area contributed by atoms with E-state index in [1.165, 1.54) is 6.20 Å². The molecule has 0 atom stereocenters. The van der Waals surface area contributed by atoms with Gasteiger partial charge in [-0.1, -0.05) is 0 Å². The fraction of sp³-hybridized carbons (Fsp3) is 0.250. The molecular weight excluding hydrogens is 162 g/mol. The van der Waals surface area contributed by atoms with E-state index in [4.69, 9.17) is 11.6 Å². The largest absolute Gasteiger partial charge is 0.298 e. The highest BCUT2D eigenvalue weighted by Gasteiger charge is 1.98. The van der Waals surface area contributed by atoms with Crippen molar-refractivity contribution >= 4 is 17.9 Å². The van der Waals surface area contributed by atoms with Gasteiger partial charge < -0.3 is 0 Å². The van der Waals surface area contributed by atoms with Crippen LogP contribution in [0.3, 0.4) is 0 Å². The van der Waals surface area contributed by atoms with E-state index in [1.54, 1.807) is 6.07 Å². The summed E-state index contributed by atoms with van der Waals surface area (Å²) in [7, 11) is 0. The smallest absolute Gasteiger partial charge is 0.151 e. The maximum atomic E-state index is 10.3. The Morgan fingerprint density at radius 1 is 1.73 bits per heavy atom. The number of pyridine rings is 1. The van der Waals surface area contributed by atoms with E-state index in [0.29, 0.717) is 11.4 Å². The van der Waals surface area contributed by atoms with Crippen LogP contribution >= 0.6 is 11.6 Å². The molecule has 0 spiro atoms. The van der Waals surface area contributed by atoms with Crippen molar-refractivity contribution in [2.75, 3.05) is 0 Å². The SMILES string of the molecule is Cc1cc(C=O)cnc1CCl. The van der Waals surface area contributed by atoms with Crippen molar-refractivity contribution in [3.63, 3.8) is 0 Å². The number of alkyl halides is 1. The van der Waals surface area contributed by atoms with Gasteiger partial charge in [0.05, 0.1) is 11.6 Å². The number of nitrogens with zero attached hydrogens (tertiary/aromatic N) is 1. The second-order valence-corrected chi connectivity index (χ2v) is 2.55. The third-order valence-electron chi connectivity index (χ3n) is 1.47. The van der Waals surface area contributed by atoms with E-state index in [2.05, 4.69) is 4.98 Å². The zero-order valence-corrected chi connectivity index (χ0v) is 6.93. The molecule has 3 heteroatoms. The molecule has 0 fully saturated rings. The molecule has 0 aliphatic rings. The van der Waals surface area contributed by atoms with Gasteiger partial charge in [0, 0.05) is 11.8 Å². The van der Waals surface area contributed by atoms with Crippen LogP contribution in [-0.2, 0) is 5.88 Å². The van der Waals surface area contributed by atoms with E-state index < -0.39 is 0 Å². The van der Waals surface area contributed by atoms with Crippen LogP contribution in [-0.4, -0.2) is 11.3 Å². The minimum atomic E-state index is 0.394. The first-order valence-electron chi connectivity index (χ1n) is 3.24. The first-order chi connectivity index (χ1) is 5.27. The molecule has 0 bridgehead atoms. The Bertz CT molecular complexity index is 273. The molecule has 2 nitrogen and oxygen atoms in total. The lowest BCUT2D eigenvalue weighted by molar-refractivity contribution is 0.112. The van der Waals surface area contributed by atoms with Gasteiger partial charge in [-0.2, -0.15) is 0 Å². The van der Waals surface area contributed by atoms with Gasteiger partial charge in [0.1, 0.15) is 0 Å². The summed E-state index contributed by atoms with van der Waals surface area (Å²) in [5.41, 5.74) is 2.39. The molecule has 1 aromatic heterocycles. The minimum Gasteiger partial charge on any atom is -0.298 e. The molecule has 1 heterocycles. The third-order valence-corrected chi connectivity index (χ3v) is 1.72. The maximum absolute atomic E-state index is 10.3. The molecule has 1 aromatic rings. The monoisotopic (exact) mass is 169 g/mol. The van der Waals surface area contributed by atoms with Crippen LogP contribution in [0, 0.1) is 6.92 Å². The predicted molar refractivity (Wildman–Crippen MR) is 43.9 cm³/mol. The van der Waals surface area contributed by atoms with Crippen molar-refractivity contribution < 1.29 is 4.79 Å². The molecule has 0 amide bonds. The Balaban J connectivity index is 3.09. The quantitative estimate of drug-likeness (QED) is 0.500. The van der Waals surface area contributed by atoms with Crippen LogP contribution in [0.4, 0.5) is 0 Å². The summed E-state index contributed by atoms with van der Waals surface area (Å²) in [5.74, 6) is 0.394. The molecule has 11 heavy (non-hydrogen) atoms. The Hall–Kier alpha value is -0.890. The van der Waals surface area contributed by atoms with Gasteiger partial charge in [-0.05, 0) is 18.6 Å². The Kier molecular flexibility index (Phi) is 2.60. The molecule has 0 saturated carbocycles. The van der Waals surface area contributed by atoms with Gasteiger partial charge in [0.25, 0.3) is 0 Å². The summed E-state index contributed by atoms with van der Waals surface area (Å²) < 4.78 is 0. The van der Waals surface area contributed by atoms with E-state index >= 15 is 0 Å². The Morgan fingerprint density at radius 3 is 2.91 bits per heavy atom. The summed E-state index contributed by atoms with van der Waals surface area (Å²) in [6, 6.07) is 1.78. The molecule has 1 rings (SSSR count). The molecule has 0 aromatic carbocycles. The molecular formula is C8H8ClNO. The van der Waals surface area contributed by atoms with Crippen LogP contribution in [0.5, 0.6) is 0 Å². The lowest BCUT2D eigenvalue weighted by atomic mass is 10.2. The summed E-state index contributed by atoms with van der Waals surface area (Å²) in [5, 5.41) is 0. The summed E-state index contributed by atoms with van der Waals surface area (Å²) in [6.45, 7) is 1.89. The summed E-state index contributed by atoms with van der Waals surface area (Å²) in [6.07, 6.45) is 2.30. The van der Waals surface area contributed by atoms with Gasteiger partial charge in [-0.15, -0.1) is 11.6 Å². The number of carbonyl (C=O) groups is 1. The number of hydrogen-bond donors (Lipinski definition) is 0. The average Bonchev–Trinajstić information content (AvgIpc) is 2.04. The second-order valence-electron chi connectivity index (χ2n) is 2.28. The minimum absolute atomic E-state index is 0.394. The number of carbonyl (C=O) groups excluding carboxylic acids is 1. The number of hydrogen-bond acceptors (Lipinski definition) is 2. The van der Waals surface area contributed by atoms with Gasteiger partial charge in [-0.25, -0.2) is 0 Å². The molecule has 0 unspecified atom stereocenters. The molecule has 0 aliphatic heterocycles. The fourth-order valence-electron chi connectivity index (χ4n) is 0.829. The van der Waals surface area contributed by atoms with Crippen LogP contribution in [0.1, 0.15) is 21.6 Å². The highest BCUT2D eigenvalue weighted by molar-refractivity contribution is 6.17. The second kappa shape index (κ2) is 3.49. The highest BCUT2D eigenvalue weighted by Crippen LogP contribution is 2.08. The highest BCUT2D eigenvalue weighted by atomic mass is 35.5. The first kappa shape index (κ1) is 8.21. The van der Waals surface area contributed by atoms with Crippen LogP contribution in [0.15, 0.2) is 12.3 Å². The standard InChI is InChI=1S/C8H8ClNO/c1-6-2-7(5-11)4-10-8(6)3-9/h2,4-5H,3H2,1H3. The molecule has 0 saturated heterocycles. The maximum Gasteiger partial charge on any atom is 0.151 e. The lowest BCUT2D eigenvalue weighted by Gasteiger charge is -1.99. The lowest BCUT2D eigenvalue weighted by Crippen LogP contribution is -1.92. The molecule has 0 radical (unpaired) electrons. The predicted octanol–water partition coefficient (Wildman–Crippen LogP) is 1.94. The van der Waals surface area contributed by atoms with E-state index in [9.17, 15) is 4.79 Å². The van der Waals surface area contributed by atoms with Crippen molar-refractivity contribution in [1.82, 2.24) is 4.98 Å². The van der Waals surface area contributed by atoms with E-state index in [-0.39, 0.29) is 0 Å². The number of aldehydes is 1. The fourth-order valence-corrected chi connectivity index (χ4v) is 1.11. The summed E-state index contributed by atoms with van der Waals surface area (Å²) >= 11 is 5.58. The van der Waals surface area contributed by atoms with Crippen LogP contribution in [0.25, 0.3) is 0 Å². The van der Waals surface area contributed by atoms with E-state index in [0.717, 1.165) is 17.5 Å². The molecule has 0 N–H and O–H groups in total. The number of halogens is 1. The summed E-state index contributed by atoms with van der Waals surface area (Å²) in [4.78, 5) is 14.3. The van der Waals surface area contributed by atoms with E-state index in [1.807, 2.05) is 6.92 Å². The normalized spacial score (nSPS) is 9.64. The Morgan fingerprint density at radius 2 is 2.45 bits per heavy atom. The number of aryl methyl sites for hydroxylation is 1. The van der Waals surface area contributed by atoms with Crippen molar-refractivity contribution in [1.29, 1.82) is 0 Å². The topological polar surface area (TPSA) is 30.0 Å².